The van der Waals surface area contributed by atoms with Gasteiger partial charge in [-0.05, 0) is 12.0 Å². The number of benzene rings is 2. The largest absolute Gasteiger partial charge is 1.00 e. The Balaban J connectivity index is 0.00000108. The Morgan fingerprint density at radius 1 is 1.18 bits per heavy atom. The van der Waals surface area contributed by atoms with Crippen LogP contribution in [0.1, 0.15) is 32.6 Å². The first-order chi connectivity index (χ1) is 7.75. The van der Waals surface area contributed by atoms with Crippen molar-refractivity contribution in [2.24, 2.45) is 0 Å². The molecule has 2 aromatic rings. The molecule has 0 amide bonds. The van der Waals surface area contributed by atoms with Crippen LogP contribution in [0.3, 0.4) is 0 Å². The van der Waals surface area contributed by atoms with Crippen molar-refractivity contribution in [2.45, 2.75) is 13.3 Å². The van der Waals surface area contributed by atoms with Crippen molar-refractivity contribution in [3.63, 3.8) is 0 Å². The second-order valence-electron chi connectivity index (χ2n) is 4.24. The van der Waals surface area contributed by atoms with Gasteiger partial charge < -0.3 is 4.79 Å². The van der Waals surface area contributed by atoms with Crippen LogP contribution in [0.4, 0.5) is 0 Å². The van der Waals surface area contributed by atoms with Crippen molar-refractivity contribution in [3.8, 4) is 0 Å². The van der Waals surface area contributed by atoms with E-state index in [9.17, 15) is 4.79 Å². The average molecular weight is 293 g/mol. The van der Waals surface area contributed by atoms with Crippen LogP contribution in [0.5, 0.6) is 0 Å². The predicted octanol–water partition coefficient (Wildman–Crippen LogP) is -0.0656. The molecule has 0 unspecified atom stereocenters. The minimum atomic E-state index is 0. The summed E-state index contributed by atoms with van der Waals surface area (Å²) < 4.78 is 0. The molecule has 78 valence electrons. The first-order valence-corrected chi connectivity index (χ1v) is 5.39. The van der Waals surface area contributed by atoms with Crippen molar-refractivity contribution in [3.05, 3.63) is 70.3 Å². The molecule has 1 nitrogen and oxygen atoms in total. The fourth-order valence-electron chi connectivity index (χ4n) is 2.25. The number of ketones is 1. The Kier molecular flexibility index (Phi) is 4.14. The van der Waals surface area contributed by atoms with Crippen molar-refractivity contribution >= 4 is 5.78 Å². The molecule has 1 aliphatic carbocycles. The van der Waals surface area contributed by atoms with Crippen LogP contribution < -0.4 is 58.2 Å². The van der Waals surface area contributed by atoms with E-state index in [1.807, 2.05) is 37.3 Å². The van der Waals surface area contributed by atoms with Crippen LogP contribution in [0.15, 0.2) is 36.4 Å². The normalized spacial score (nSPS) is 12.4. The first-order valence-electron chi connectivity index (χ1n) is 5.39. The Morgan fingerprint density at radius 2 is 1.94 bits per heavy atom. The van der Waals surface area contributed by atoms with E-state index in [1.165, 1.54) is 0 Å². The Bertz CT molecular complexity index is 587. The Hall–Kier alpha value is -0.0848. The zero-order valence-corrected chi connectivity index (χ0v) is 15.0. The molecule has 0 fully saturated rings. The van der Waals surface area contributed by atoms with E-state index >= 15 is 0 Å². The molecule has 0 atom stereocenters. The summed E-state index contributed by atoms with van der Waals surface area (Å²) in [5.74, 6) is 0.108. The zero-order chi connectivity index (χ0) is 11.1. The van der Waals surface area contributed by atoms with Gasteiger partial charge in [-0.1, -0.05) is 42.3 Å². The van der Waals surface area contributed by atoms with E-state index in [1.54, 1.807) is 0 Å². The van der Waals surface area contributed by atoms with Gasteiger partial charge in [-0.3, -0.25) is 0 Å². The van der Waals surface area contributed by atoms with E-state index in [4.69, 9.17) is 0 Å². The summed E-state index contributed by atoms with van der Waals surface area (Å²) in [6.45, 7) is 2.03. The molecule has 0 N–H and O–H groups in total. The zero-order valence-electron chi connectivity index (χ0n) is 10.1. The number of hydrogen-bond acceptors (Lipinski definition) is 1. The Morgan fingerprint density at radius 3 is 2.76 bits per heavy atom. The molecule has 3 rings (SSSR count). The molecule has 0 spiro atoms. The number of carbonyl (C=O) groups is 1. The topological polar surface area (TPSA) is 17.1 Å². The van der Waals surface area contributed by atoms with Crippen LogP contribution >= 0.6 is 0 Å². The second-order valence-corrected chi connectivity index (χ2v) is 4.24. The van der Waals surface area contributed by atoms with Crippen molar-refractivity contribution in [2.75, 3.05) is 0 Å². The minimum absolute atomic E-state index is 0. The molecule has 0 saturated carbocycles. The van der Waals surface area contributed by atoms with Gasteiger partial charge >= 0.3 is 58.2 Å². The third-order valence-corrected chi connectivity index (χ3v) is 3.04. The van der Waals surface area contributed by atoms with Crippen LogP contribution in [0.2, 0.25) is 0 Å². The van der Waals surface area contributed by atoms with Crippen molar-refractivity contribution < 1.29 is 63.0 Å². The van der Waals surface area contributed by atoms with E-state index in [-0.39, 0.29) is 64.0 Å². The van der Waals surface area contributed by atoms with Gasteiger partial charge in [-0.25, -0.2) is 0 Å². The van der Waals surface area contributed by atoms with Crippen LogP contribution in [-0.2, 0) is 6.42 Å². The molecule has 0 bridgehead atoms. The van der Waals surface area contributed by atoms with Gasteiger partial charge in [0.05, 0.1) is 0 Å². The van der Waals surface area contributed by atoms with E-state index in [0.29, 0.717) is 0 Å². The summed E-state index contributed by atoms with van der Waals surface area (Å²) in [5, 5.41) is 0. The fraction of sp³-hybridized carbons (Fsp3) is 0.133. The van der Waals surface area contributed by atoms with Crippen molar-refractivity contribution in [1.29, 1.82) is 0 Å². The molecule has 0 aromatic heterocycles. The van der Waals surface area contributed by atoms with Gasteiger partial charge in [-0.15, -0.1) is 29.3 Å². The van der Waals surface area contributed by atoms with Gasteiger partial charge in [-0.2, -0.15) is 0 Å². The molecule has 1 aliphatic rings. The number of rotatable bonds is 0. The van der Waals surface area contributed by atoms with E-state index in [2.05, 4.69) is 12.1 Å². The molecular formula is C15H11ORb. The molecule has 0 aliphatic heterocycles. The number of aryl methyl sites for hydroxylation is 1. The van der Waals surface area contributed by atoms with Gasteiger partial charge in [0, 0.05) is 0 Å². The number of fused-ring (bicyclic) bond motifs is 2. The number of carbonyl (C=O) groups excluding carboxylic acids is 1. The van der Waals surface area contributed by atoms with E-state index in [0.717, 1.165) is 34.2 Å². The number of hydrogen-bond donors (Lipinski definition) is 0. The standard InChI is InChI=1S/C15H11O.Rb/c1-10-6-7-14-12(8-10)9-11-4-2-3-5-13(11)15(14)16;/h2-6,8H,9H2,1H3;/q-1;+1. The summed E-state index contributed by atoms with van der Waals surface area (Å²) >= 11 is 0. The quantitative estimate of drug-likeness (QED) is 0.531. The Labute approximate surface area is 150 Å². The van der Waals surface area contributed by atoms with Crippen LogP contribution in [-0.4, -0.2) is 5.78 Å². The third-order valence-electron chi connectivity index (χ3n) is 3.04. The third kappa shape index (κ3) is 2.39. The van der Waals surface area contributed by atoms with Gasteiger partial charge in [0.2, 0.25) is 0 Å². The summed E-state index contributed by atoms with van der Waals surface area (Å²) in [5.41, 5.74) is 4.95. The maximum atomic E-state index is 12.2. The van der Waals surface area contributed by atoms with Crippen molar-refractivity contribution in [1.82, 2.24) is 0 Å². The summed E-state index contributed by atoms with van der Waals surface area (Å²) in [7, 11) is 0. The molecule has 0 saturated heterocycles. The maximum Gasteiger partial charge on any atom is 1.00 e. The smallest absolute Gasteiger partial charge is 0.346 e. The van der Waals surface area contributed by atoms with Crippen LogP contribution in [0.25, 0.3) is 0 Å². The molecule has 2 heteroatoms. The second kappa shape index (κ2) is 5.27. The molecule has 17 heavy (non-hydrogen) atoms. The summed E-state index contributed by atoms with van der Waals surface area (Å²) in [6.07, 6.45) is 0.843. The fourth-order valence-corrected chi connectivity index (χ4v) is 2.25. The minimum Gasteiger partial charge on any atom is -0.346 e. The maximum absolute atomic E-state index is 12.2. The summed E-state index contributed by atoms with van der Waals surface area (Å²) in [6, 6.07) is 14.9. The molecule has 0 heterocycles. The van der Waals surface area contributed by atoms with Gasteiger partial charge in [0.25, 0.3) is 0 Å². The first kappa shape index (κ1) is 13.3. The molecule has 2 aromatic carbocycles. The SMILES string of the molecule is Cc1c[c-]c2c(c1)Cc1ccccc1C2=O.[Rb+]. The monoisotopic (exact) mass is 292 g/mol. The molecule has 0 radical (unpaired) electrons. The molecular weight excluding hydrogens is 282 g/mol. The van der Waals surface area contributed by atoms with Gasteiger partial charge in [0.1, 0.15) is 5.78 Å². The van der Waals surface area contributed by atoms with Gasteiger partial charge in [0.15, 0.2) is 0 Å². The van der Waals surface area contributed by atoms with E-state index < -0.39 is 0 Å². The average Bonchev–Trinajstić information content (AvgIpc) is 2.29. The summed E-state index contributed by atoms with van der Waals surface area (Å²) in [4.78, 5) is 12.2. The predicted molar refractivity (Wildman–Crippen MR) is 62.7 cm³/mol. The van der Waals surface area contributed by atoms with Crippen LogP contribution in [0, 0.1) is 13.0 Å².